The molecule has 4 fully saturated rings. The zero-order chi connectivity index (χ0) is 19.4. The van der Waals surface area contributed by atoms with Crippen molar-refractivity contribution in [2.45, 2.75) is 84.3 Å². The summed E-state index contributed by atoms with van der Waals surface area (Å²) in [6.45, 7) is 5.65. The maximum absolute atomic E-state index is 12.6. The van der Waals surface area contributed by atoms with Gasteiger partial charge in [0.05, 0.1) is 12.7 Å². The SMILES string of the molecule is C[C@]12CC[C@@H](OCc3ccccc3)C[C@@H]1CC[C@H]1[C@H]3CCC(=O)[C@]3(C)CC[C@@H]12. The van der Waals surface area contributed by atoms with Crippen LogP contribution in [0.3, 0.4) is 0 Å². The second-order valence-electron chi connectivity index (χ2n) is 10.8. The number of hydrogen-bond donors (Lipinski definition) is 0. The van der Waals surface area contributed by atoms with E-state index < -0.39 is 0 Å². The number of carbonyl (C=O) groups is 1. The van der Waals surface area contributed by atoms with Gasteiger partial charge >= 0.3 is 0 Å². The van der Waals surface area contributed by atoms with Crippen LogP contribution in [0.4, 0.5) is 0 Å². The minimum Gasteiger partial charge on any atom is -0.374 e. The lowest BCUT2D eigenvalue weighted by Gasteiger charge is -2.60. The van der Waals surface area contributed by atoms with Crippen LogP contribution >= 0.6 is 0 Å². The Kier molecular flexibility index (Phi) is 4.69. The summed E-state index contributed by atoms with van der Waals surface area (Å²) in [5.74, 6) is 3.69. The Morgan fingerprint density at radius 3 is 2.61 bits per heavy atom. The Morgan fingerprint density at radius 2 is 1.79 bits per heavy atom. The standard InChI is InChI=1S/C26H36O2/c1-25-14-12-20(28-17-18-6-4-3-5-7-18)16-19(25)8-9-21-22-10-11-24(27)26(22,2)15-13-23(21)25/h3-7,19-23H,8-17H2,1-2H3/t19-,20+,21-,22+,23-,25-,26+/m0/s1. The van der Waals surface area contributed by atoms with E-state index in [1.807, 2.05) is 0 Å². The molecule has 2 nitrogen and oxygen atoms in total. The van der Waals surface area contributed by atoms with Gasteiger partial charge in [0.15, 0.2) is 0 Å². The number of rotatable bonds is 3. The van der Waals surface area contributed by atoms with E-state index in [0.29, 0.717) is 23.2 Å². The second-order valence-corrected chi connectivity index (χ2v) is 10.8. The van der Waals surface area contributed by atoms with Crippen LogP contribution in [0.1, 0.15) is 77.2 Å². The topological polar surface area (TPSA) is 26.3 Å². The largest absolute Gasteiger partial charge is 0.374 e. The van der Waals surface area contributed by atoms with Crippen LogP contribution < -0.4 is 0 Å². The molecule has 0 aromatic heterocycles. The van der Waals surface area contributed by atoms with Gasteiger partial charge in [-0.15, -0.1) is 0 Å². The molecule has 4 aliphatic rings. The maximum Gasteiger partial charge on any atom is 0.139 e. The van der Waals surface area contributed by atoms with Crippen molar-refractivity contribution in [1.29, 1.82) is 0 Å². The molecule has 0 spiro atoms. The number of fused-ring (bicyclic) bond motifs is 5. The van der Waals surface area contributed by atoms with E-state index >= 15 is 0 Å². The molecule has 5 rings (SSSR count). The van der Waals surface area contributed by atoms with Crippen molar-refractivity contribution in [3.63, 3.8) is 0 Å². The van der Waals surface area contributed by atoms with Crippen molar-refractivity contribution in [2.75, 3.05) is 0 Å². The van der Waals surface area contributed by atoms with E-state index in [9.17, 15) is 4.79 Å². The van der Waals surface area contributed by atoms with Crippen molar-refractivity contribution in [1.82, 2.24) is 0 Å². The highest BCUT2D eigenvalue weighted by Crippen LogP contribution is 2.65. The van der Waals surface area contributed by atoms with Crippen LogP contribution in [0.5, 0.6) is 0 Å². The molecule has 0 saturated heterocycles. The number of benzene rings is 1. The molecule has 0 bridgehead atoms. The second kappa shape index (κ2) is 6.97. The lowest BCUT2D eigenvalue weighted by Crippen LogP contribution is -2.54. The monoisotopic (exact) mass is 380 g/mol. The molecule has 0 radical (unpaired) electrons. The van der Waals surface area contributed by atoms with Gasteiger partial charge in [0, 0.05) is 11.8 Å². The minimum atomic E-state index is 0.0142. The van der Waals surface area contributed by atoms with Gasteiger partial charge in [-0.1, -0.05) is 44.2 Å². The summed E-state index contributed by atoms with van der Waals surface area (Å²) in [7, 11) is 0. The smallest absolute Gasteiger partial charge is 0.139 e. The van der Waals surface area contributed by atoms with E-state index in [1.165, 1.54) is 50.5 Å². The minimum absolute atomic E-state index is 0.0142. The van der Waals surface area contributed by atoms with E-state index in [2.05, 4.69) is 44.2 Å². The fourth-order valence-electron chi connectivity index (χ4n) is 7.93. The number of carbonyl (C=O) groups excluding carboxylic acids is 1. The Balaban J connectivity index is 1.27. The Bertz CT molecular complexity index is 727. The number of Topliss-reactive ketones (excluding diaryl/α,β-unsaturated/α-hetero) is 1. The van der Waals surface area contributed by atoms with Gasteiger partial charge in [-0.05, 0) is 86.0 Å². The van der Waals surface area contributed by atoms with Crippen LogP contribution in [0.25, 0.3) is 0 Å². The highest BCUT2D eigenvalue weighted by Gasteiger charge is 2.60. The predicted octanol–water partition coefficient (Wildman–Crippen LogP) is 6.18. The van der Waals surface area contributed by atoms with Gasteiger partial charge in [0.25, 0.3) is 0 Å². The normalized spacial score (nSPS) is 45.2. The van der Waals surface area contributed by atoms with Gasteiger partial charge in [-0.3, -0.25) is 4.79 Å². The Labute approximate surface area is 170 Å². The van der Waals surface area contributed by atoms with Crippen LogP contribution in [-0.2, 0) is 16.1 Å². The number of hydrogen-bond acceptors (Lipinski definition) is 2. The molecule has 4 aliphatic carbocycles. The quantitative estimate of drug-likeness (QED) is 0.625. The van der Waals surface area contributed by atoms with Crippen LogP contribution in [0.2, 0.25) is 0 Å². The first-order valence-electron chi connectivity index (χ1n) is 11.7. The molecule has 0 amide bonds. The van der Waals surface area contributed by atoms with Crippen LogP contribution in [0.15, 0.2) is 30.3 Å². The Morgan fingerprint density at radius 1 is 0.964 bits per heavy atom. The van der Waals surface area contributed by atoms with Crippen molar-refractivity contribution in [2.24, 2.45) is 34.5 Å². The molecule has 0 unspecified atom stereocenters. The molecule has 28 heavy (non-hydrogen) atoms. The fourth-order valence-corrected chi connectivity index (χ4v) is 7.93. The summed E-state index contributed by atoms with van der Waals surface area (Å²) in [5, 5.41) is 0. The summed E-state index contributed by atoms with van der Waals surface area (Å²) >= 11 is 0. The fraction of sp³-hybridized carbons (Fsp3) is 0.731. The molecular weight excluding hydrogens is 344 g/mol. The molecule has 7 atom stereocenters. The van der Waals surface area contributed by atoms with Gasteiger partial charge in [0.2, 0.25) is 0 Å². The molecule has 0 heterocycles. The summed E-state index contributed by atoms with van der Waals surface area (Å²) in [6.07, 6.45) is 11.3. The highest BCUT2D eigenvalue weighted by molar-refractivity contribution is 5.87. The third-order valence-electron chi connectivity index (χ3n) is 9.66. The van der Waals surface area contributed by atoms with E-state index in [1.54, 1.807) is 0 Å². The highest BCUT2D eigenvalue weighted by atomic mass is 16.5. The summed E-state index contributed by atoms with van der Waals surface area (Å²) < 4.78 is 6.35. The van der Waals surface area contributed by atoms with E-state index in [4.69, 9.17) is 4.74 Å². The maximum atomic E-state index is 12.6. The summed E-state index contributed by atoms with van der Waals surface area (Å²) in [6, 6.07) is 10.6. The average Bonchev–Trinajstić information content (AvgIpc) is 3.02. The molecule has 2 heteroatoms. The van der Waals surface area contributed by atoms with Crippen molar-refractivity contribution < 1.29 is 9.53 Å². The predicted molar refractivity (Wildman–Crippen MR) is 112 cm³/mol. The summed E-state index contributed by atoms with van der Waals surface area (Å²) in [4.78, 5) is 12.6. The number of ether oxygens (including phenoxy) is 1. The van der Waals surface area contributed by atoms with Gasteiger partial charge < -0.3 is 4.74 Å². The Hall–Kier alpha value is -1.15. The zero-order valence-electron chi connectivity index (χ0n) is 17.7. The first-order chi connectivity index (χ1) is 13.5. The van der Waals surface area contributed by atoms with Gasteiger partial charge in [-0.25, -0.2) is 0 Å². The van der Waals surface area contributed by atoms with Gasteiger partial charge in [0.1, 0.15) is 5.78 Å². The zero-order valence-corrected chi connectivity index (χ0v) is 17.7. The first kappa shape index (κ1) is 18.9. The van der Waals surface area contributed by atoms with Crippen molar-refractivity contribution >= 4 is 5.78 Å². The number of ketones is 1. The van der Waals surface area contributed by atoms with Crippen LogP contribution in [-0.4, -0.2) is 11.9 Å². The van der Waals surface area contributed by atoms with Crippen molar-refractivity contribution in [3.8, 4) is 0 Å². The third kappa shape index (κ3) is 2.90. The van der Waals surface area contributed by atoms with E-state index in [0.717, 1.165) is 37.2 Å². The first-order valence-corrected chi connectivity index (χ1v) is 11.7. The third-order valence-corrected chi connectivity index (χ3v) is 9.66. The van der Waals surface area contributed by atoms with Crippen LogP contribution in [0, 0.1) is 34.5 Å². The van der Waals surface area contributed by atoms with Gasteiger partial charge in [-0.2, -0.15) is 0 Å². The molecular formula is C26H36O2. The lowest BCUT2D eigenvalue weighted by molar-refractivity contribution is -0.145. The molecule has 1 aromatic carbocycles. The molecule has 1 aromatic rings. The summed E-state index contributed by atoms with van der Waals surface area (Å²) in [5.41, 5.74) is 1.78. The van der Waals surface area contributed by atoms with E-state index in [-0.39, 0.29) is 5.41 Å². The lowest BCUT2D eigenvalue weighted by atomic mass is 9.45. The molecule has 4 saturated carbocycles. The molecule has 0 aliphatic heterocycles. The average molecular weight is 381 g/mol. The van der Waals surface area contributed by atoms with Crippen molar-refractivity contribution in [3.05, 3.63) is 35.9 Å². The molecule has 0 N–H and O–H groups in total. The molecule has 152 valence electrons.